The van der Waals surface area contributed by atoms with Gasteiger partial charge in [-0.15, -0.1) is 0 Å². The van der Waals surface area contributed by atoms with Crippen molar-refractivity contribution in [3.8, 4) is 0 Å². The van der Waals surface area contributed by atoms with Crippen LogP contribution in [0.4, 0.5) is 0 Å². The van der Waals surface area contributed by atoms with E-state index >= 15 is 0 Å². The van der Waals surface area contributed by atoms with E-state index in [0.717, 1.165) is 0 Å². The van der Waals surface area contributed by atoms with Crippen LogP contribution in [0.2, 0.25) is 5.02 Å². The molecule has 1 fully saturated rings. The quantitative estimate of drug-likeness (QED) is 0.890. The zero-order chi connectivity index (χ0) is 17.4. The van der Waals surface area contributed by atoms with Crippen molar-refractivity contribution in [1.82, 2.24) is 4.90 Å². The molecule has 1 amide bonds. The van der Waals surface area contributed by atoms with Crippen LogP contribution in [-0.4, -0.2) is 40.2 Å². The summed E-state index contributed by atoms with van der Waals surface area (Å²) in [6, 6.07) is 6.87. The average molecular weight is 340 g/mol. The Morgan fingerprint density at radius 3 is 2.39 bits per heavy atom. The molecule has 2 N–H and O–H groups in total. The third kappa shape index (κ3) is 3.39. The molecular formula is C18H26ClNO3. The fraction of sp³-hybridized carbons (Fsp3) is 0.611. The lowest BCUT2D eigenvalue weighted by Gasteiger charge is -2.53. The van der Waals surface area contributed by atoms with E-state index in [0.29, 0.717) is 23.6 Å². The van der Waals surface area contributed by atoms with Crippen LogP contribution >= 0.6 is 11.6 Å². The molecule has 1 aliphatic heterocycles. The molecule has 128 valence electrons. The van der Waals surface area contributed by atoms with Crippen molar-refractivity contribution in [2.75, 3.05) is 13.1 Å². The smallest absolute Gasteiger partial charge is 0.222 e. The normalized spacial score (nSPS) is 27.3. The molecule has 1 aromatic carbocycles. The number of likely N-dealkylation sites (tertiary alicyclic amines) is 1. The molecule has 1 aliphatic rings. The predicted octanol–water partition coefficient (Wildman–Crippen LogP) is 2.80. The average Bonchev–Trinajstić information content (AvgIpc) is 2.44. The van der Waals surface area contributed by atoms with E-state index in [1.807, 2.05) is 27.7 Å². The van der Waals surface area contributed by atoms with Gasteiger partial charge in [0.15, 0.2) is 0 Å². The molecule has 0 bridgehead atoms. The second-order valence-corrected chi connectivity index (χ2v) is 7.98. The van der Waals surface area contributed by atoms with Crippen molar-refractivity contribution < 1.29 is 15.0 Å². The van der Waals surface area contributed by atoms with E-state index in [1.165, 1.54) is 0 Å². The third-order valence-corrected chi connectivity index (χ3v) is 4.97. The molecule has 4 nitrogen and oxygen atoms in total. The first kappa shape index (κ1) is 18.2. The second-order valence-electron chi connectivity index (χ2n) is 7.55. The van der Waals surface area contributed by atoms with Crippen LogP contribution in [0.25, 0.3) is 0 Å². The first-order chi connectivity index (χ1) is 10.6. The van der Waals surface area contributed by atoms with E-state index in [9.17, 15) is 15.0 Å². The minimum Gasteiger partial charge on any atom is -0.388 e. The fourth-order valence-corrected chi connectivity index (χ4v) is 3.54. The topological polar surface area (TPSA) is 60.8 Å². The molecular weight excluding hydrogens is 314 g/mol. The number of piperidine rings is 1. The second kappa shape index (κ2) is 6.42. The number of carbonyl (C=O) groups is 1. The van der Waals surface area contributed by atoms with Gasteiger partial charge in [0.2, 0.25) is 5.91 Å². The number of amides is 1. The third-order valence-electron chi connectivity index (χ3n) is 4.71. The Labute approximate surface area is 143 Å². The molecule has 1 saturated heterocycles. The maximum atomic E-state index is 12.3. The maximum Gasteiger partial charge on any atom is 0.222 e. The summed E-state index contributed by atoms with van der Waals surface area (Å²) >= 11 is 5.92. The lowest BCUT2D eigenvalue weighted by atomic mass is 9.65. The molecule has 0 radical (unpaired) electrons. The van der Waals surface area contributed by atoms with E-state index in [4.69, 9.17) is 11.6 Å². The van der Waals surface area contributed by atoms with Gasteiger partial charge in [-0.05, 0) is 23.6 Å². The standard InChI is InChI=1S/C18H26ClNO3/c1-12(2)9-16(22)20-10-15(21)18(23,17(3,4)11-20)13-5-7-14(19)8-6-13/h5-8,12,15,21,23H,9-11H2,1-4H3/t15-,18-/m0/s1. The van der Waals surface area contributed by atoms with E-state index < -0.39 is 17.1 Å². The molecule has 1 aromatic rings. The lowest BCUT2D eigenvalue weighted by Crippen LogP contribution is -2.64. The number of nitrogens with zero attached hydrogens (tertiary/aromatic N) is 1. The molecule has 0 unspecified atom stereocenters. The molecule has 0 aromatic heterocycles. The molecule has 2 atom stereocenters. The molecule has 0 saturated carbocycles. The Hall–Kier alpha value is -1.10. The minimum atomic E-state index is -1.42. The zero-order valence-electron chi connectivity index (χ0n) is 14.2. The van der Waals surface area contributed by atoms with Crippen LogP contribution in [-0.2, 0) is 10.4 Å². The SMILES string of the molecule is CC(C)CC(=O)N1C[C@H](O)[C@@](O)(c2ccc(Cl)cc2)C(C)(C)C1. The summed E-state index contributed by atoms with van der Waals surface area (Å²) in [5.74, 6) is 0.283. The van der Waals surface area contributed by atoms with Crippen LogP contribution in [0.5, 0.6) is 0 Å². The number of rotatable bonds is 3. The van der Waals surface area contributed by atoms with Gasteiger partial charge in [-0.25, -0.2) is 0 Å². The van der Waals surface area contributed by atoms with Gasteiger partial charge < -0.3 is 15.1 Å². The summed E-state index contributed by atoms with van der Waals surface area (Å²) in [6.07, 6.45) is -0.606. The van der Waals surface area contributed by atoms with Gasteiger partial charge >= 0.3 is 0 Å². The first-order valence-corrected chi connectivity index (χ1v) is 8.40. The first-order valence-electron chi connectivity index (χ1n) is 8.02. The summed E-state index contributed by atoms with van der Waals surface area (Å²) in [7, 11) is 0. The Morgan fingerprint density at radius 1 is 1.35 bits per heavy atom. The number of halogens is 1. The summed E-state index contributed by atoms with van der Waals surface area (Å²) < 4.78 is 0. The van der Waals surface area contributed by atoms with Gasteiger partial charge in [-0.2, -0.15) is 0 Å². The highest BCUT2D eigenvalue weighted by Crippen LogP contribution is 2.46. The van der Waals surface area contributed by atoms with Gasteiger partial charge in [0.05, 0.1) is 0 Å². The monoisotopic (exact) mass is 339 g/mol. The molecule has 1 heterocycles. The van der Waals surface area contributed by atoms with Crippen LogP contribution in [0.15, 0.2) is 24.3 Å². The number of hydrogen-bond donors (Lipinski definition) is 2. The van der Waals surface area contributed by atoms with Crippen molar-refractivity contribution in [1.29, 1.82) is 0 Å². The van der Waals surface area contributed by atoms with Crippen LogP contribution in [0.1, 0.15) is 39.7 Å². The number of β-amino-alcohol motifs (C(OH)–C–C–N with tert-alkyl or cyclic N) is 1. The van der Waals surface area contributed by atoms with Gasteiger partial charge in [0.25, 0.3) is 0 Å². The highest BCUT2D eigenvalue weighted by atomic mass is 35.5. The Balaban J connectivity index is 2.31. The number of hydrogen-bond acceptors (Lipinski definition) is 3. The van der Waals surface area contributed by atoms with Crippen molar-refractivity contribution in [3.63, 3.8) is 0 Å². The van der Waals surface area contributed by atoms with Crippen LogP contribution in [0, 0.1) is 11.3 Å². The Morgan fingerprint density at radius 2 is 1.91 bits per heavy atom. The molecule has 0 spiro atoms. The van der Waals surface area contributed by atoms with E-state index in [2.05, 4.69) is 0 Å². The largest absolute Gasteiger partial charge is 0.388 e. The molecule has 2 rings (SSSR count). The number of carbonyl (C=O) groups excluding carboxylic acids is 1. The minimum absolute atomic E-state index is 0.0188. The van der Waals surface area contributed by atoms with Gasteiger partial charge in [0.1, 0.15) is 11.7 Å². The highest BCUT2D eigenvalue weighted by molar-refractivity contribution is 6.30. The highest BCUT2D eigenvalue weighted by Gasteiger charge is 2.55. The van der Waals surface area contributed by atoms with Crippen LogP contribution < -0.4 is 0 Å². The Kier molecular flexibility index (Phi) is 5.09. The summed E-state index contributed by atoms with van der Waals surface area (Å²) in [4.78, 5) is 14.0. The van der Waals surface area contributed by atoms with Crippen molar-refractivity contribution in [2.24, 2.45) is 11.3 Å². The lowest BCUT2D eigenvalue weighted by molar-refractivity contribution is -0.199. The number of aliphatic hydroxyl groups excluding tert-OH is 1. The molecule has 0 aliphatic carbocycles. The summed E-state index contributed by atoms with van der Waals surface area (Å²) in [5.41, 5.74) is -1.49. The van der Waals surface area contributed by atoms with E-state index in [-0.39, 0.29) is 18.4 Å². The Bertz CT molecular complexity index is 570. The summed E-state index contributed by atoms with van der Waals surface area (Å²) in [6.45, 7) is 8.27. The van der Waals surface area contributed by atoms with E-state index in [1.54, 1.807) is 29.2 Å². The van der Waals surface area contributed by atoms with Crippen molar-refractivity contribution in [2.45, 2.75) is 45.8 Å². The zero-order valence-corrected chi connectivity index (χ0v) is 15.0. The summed E-state index contributed by atoms with van der Waals surface area (Å²) in [5, 5.41) is 22.5. The predicted molar refractivity (Wildman–Crippen MR) is 91.2 cm³/mol. The fourth-order valence-electron chi connectivity index (χ4n) is 3.41. The molecule has 23 heavy (non-hydrogen) atoms. The van der Waals surface area contributed by atoms with Gasteiger partial charge in [-0.1, -0.05) is 51.4 Å². The van der Waals surface area contributed by atoms with Crippen molar-refractivity contribution >= 4 is 17.5 Å². The van der Waals surface area contributed by atoms with Crippen LogP contribution in [0.3, 0.4) is 0 Å². The number of aliphatic hydroxyl groups is 2. The van der Waals surface area contributed by atoms with Gasteiger partial charge in [-0.3, -0.25) is 4.79 Å². The molecule has 5 heteroatoms. The number of benzene rings is 1. The van der Waals surface area contributed by atoms with Crippen molar-refractivity contribution in [3.05, 3.63) is 34.9 Å². The van der Waals surface area contributed by atoms with Gasteiger partial charge in [0, 0.05) is 29.9 Å². The maximum absolute atomic E-state index is 12.3.